The van der Waals surface area contributed by atoms with Crippen LogP contribution in [0.25, 0.3) is 16.1 Å². The second-order valence-corrected chi connectivity index (χ2v) is 7.45. The van der Waals surface area contributed by atoms with Gasteiger partial charge < -0.3 is 0 Å². The highest BCUT2D eigenvalue weighted by atomic mass is 35.5. The molecule has 3 heterocycles. The minimum atomic E-state index is 0. The molecule has 24 heavy (non-hydrogen) atoms. The second-order valence-electron chi connectivity index (χ2n) is 5.88. The number of hydrogen-bond acceptors (Lipinski definition) is 4. The maximum atomic E-state index is 6.34. The molecule has 3 aromatic heterocycles. The Labute approximate surface area is 152 Å². The summed E-state index contributed by atoms with van der Waals surface area (Å²) in [6, 6.07) is 2.15. The Morgan fingerprint density at radius 2 is 1.83 bits per heavy atom. The number of thiazole rings is 1. The minimum absolute atomic E-state index is 0. The molecule has 0 fully saturated rings. The zero-order valence-corrected chi connectivity index (χ0v) is 15.7. The smallest absolute Gasteiger partial charge is 0.164 e. The fourth-order valence-electron chi connectivity index (χ4n) is 3.09. The molecule has 0 amide bonds. The molecule has 6 heteroatoms. The highest BCUT2D eigenvalue weighted by molar-refractivity contribution is 7.15. The van der Waals surface area contributed by atoms with Gasteiger partial charge in [0.05, 0.1) is 21.1 Å². The van der Waals surface area contributed by atoms with Crippen LogP contribution in [0.1, 0.15) is 62.1 Å². The summed E-state index contributed by atoms with van der Waals surface area (Å²) in [5.41, 5.74) is 5.08. The van der Waals surface area contributed by atoms with E-state index in [4.69, 9.17) is 21.7 Å². The summed E-state index contributed by atoms with van der Waals surface area (Å²) in [6.07, 6.45) is 2.17. The average molecular weight is 365 g/mol. The lowest BCUT2D eigenvalue weighted by atomic mass is 9.98. The SMILES string of the molecule is C.CCC(CC)c1cc(C)nc2c(-c3sc(C)nc3Cl)c(C)nn12. The lowest BCUT2D eigenvalue weighted by Crippen LogP contribution is -2.07. The Kier molecular flexibility index (Phi) is 5.66. The Balaban J connectivity index is 0.00000208. The molecule has 0 aliphatic carbocycles. The van der Waals surface area contributed by atoms with E-state index in [9.17, 15) is 0 Å². The highest BCUT2D eigenvalue weighted by Crippen LogP contribution is 2.38. The fourth-order valence-corrected chi connectivity index (χ4v) is 4.38. The standard InChI is InChI=1S/C17H21ClN4S.CH4/c1-6-12(7-2)13-8-9(3)19-17-14(10(4)21-22(13)17)15-16(18)20-11(5)23-15;/h8,12H,6-7H2,1-5H3;1H4. The first-order valence-corrected chi connectivity index (χ1v) is 9.15. The molecule has 0 aliphatic heterocycles. The third kappa shape index (κ3) is 3.07. The van der Waals surface area contributed by atoms with Gasteiger partial charge >= 0.3 is 0 Å². The van der Waals surface area contributed by atoms with Crippen molar-refractivity contribution >= 4 is 28.6 Å². The Morgan fingerprint density at radius 1 is 1.17 bits per heavy atom. The normalized spacial score (nSPS) is 11.3. The average Bonchev–Trinajstić information content (AvgIpc) is 2.98. The maximum absolute atomic E-state index is 6.34. The molecular formula is C18H25ClN4S. The van der Waals surface area contributed by atoms with Crippen molar-refractivity contribution in [2.24, 2.45) is 0 Å². The molecule has 3 aromatic rings. The largest absolute Gasteiger partial charge is 0.233 e. The van der Waals surface area contributed by atoms with Gasteiger partial charge in [0.15, 0.2) is 5.65 Å². The zero-order valence-electron chi connectivity index (χ0n) is 14.1. The predicted octanol–water partition coefficient (Wildman–Crippen LogP) is 5.97. The van der Waals surface area contributed by atoms with Crippen LogP contribution in [-0.4, -0.2) is 19.6 Å². The summed E-state index contributed by atoms with van der Waals surface area (Å²) in [4.78, 5) is 10.1. The zero-order chi connectivity index (χ0) is 16.7. The third-order valence-corrected chi connectivity index (χ3v) is 5.62. The Morgan fingerprint density at radius 3 is 2.38 bits per heavy atom. The number of hydrogen-bond donors (Lipinski definition) is 0. The van der Waals surface area contributed by atoms with Gasteiger partial charge in [-0.1, -0.05) is 32.9 Å². The van der Waals surface area contributed by atoms with Gasteiger partial charge in [0.2, 0.25) is 0 Å². The molecule has 0 spiro atoms. The van der Waals surface area contributed by atoms with Crippen LogP contribution in [0.2, 0.25) is 5.15 Å². The van der Waals surface area contributed by atoms with Crippen molar-refractivity contribution in [1.29, 1.82) is 0 Å². The van der Waals surface area contributed by atoms with E-state index in [-0.39, 0.29) is 7.43 Å². The van der Waals surface area contributed by atoms with Crippen molar-refractivity contribution in [2.75, 3.05) is 0 Å². The molecule has 0 unspecified atom stereocenters. The van der Waals surface area contributed by atoms with E-state index in [0.29, 0.717) is 11.1 Å². The summed E-state index contributed by atoms with van der Waals surface area (Å²) in [5.74, 6) is 0.477. The first-order chi connectivity index (χ1) is 11.0. The van der Waals surface area contributed by atoms with Crippen molar-refractivity contribution in [3.05, 3.63) is 33.3 Å². The van der Waals surface area contributed by atoms with Gasteiger partial charge in [0, 0.05) is 17.3 Å². The van der Waals surface area contributed by atoms with E-state index in [1.54, 1.807) is 11.3 Å². The van der Waals surface area contributed by atoms with Gasteiger partial charge in [0.25, 0.3) is 0 Å². The van der Waals surface area contributed by atoms with Crippen LogP contribution in [-0.2, 0) is 0 Å². The molecule has 0 saturated heterocycles. The summed E-state index contributed by atoms with van der Waals surface area (Å²) < 4.78 is 2.00. The molecule has 0 aliphatic rings. The van der Waals surface area contributed by atoms with E-state index in [0.717, 1.165) is 45.3 Å². The molecule has 0 N–H and O–H groups in total. The Hall–Kier alpha value is -1.46. The lowest BCUT2D eigenvalue weighted by Gasteiger charge is -2.15. The van der Waals surface area contributed by atoms with Crippen LogP contribution in [0.5, 0.6) is 0 Å². The van der Waals surface area contributed by atoms with E-state index < -0.39 is 0 Å². The van der Waals surface area contributed by atoms with E-state index in [1.165, 1.54) is 5.69 Å². The van der Waals surface area contributed by atoms with Gasteiger partial charge in [-0.2, -0.15) is 5.10 Å². The van der Waals surface area contributed by atoms with Gasteiger partial charge in [-0.05, 0) is 39.7 Å². The van der Waals surface area contributed by atoms with Gasteiger partial charge in [-0.25, -0.2) is 14.5 Å². The van der Waals surface area contributed by atoms with Crippen LogP contribution in [0, 0.1) is 20.8 Å². The van der Waals surface area contributed by atoms with Crippen molar-refractivity contribution in [1.82, 2.24) is 19.6 Å². The maximum Gasteiger partial charge on any atom is 0.164 e. The predicted molar refractivity (Wildman–Crippen MR) is 103 cm³/mol. The quantitative estimate of drug-likeness (QED) is 0.572. The second kappa shape index (κ2) is 7.19. The van der Waals surface area contributed by atoms with Crippen LogP contribution in [0.4, 0.5) is 0 Å². The molecule has 0 atom stereocenters. The molecule has 0 saturated carbocycles. The van der Waals surface area contributed by atoms with E-state index in [1.807, 2.05) is 25.3 Å². The summed E-state index contributed by atoms with van der Waals surface area (Å²) in [6.45, 7) is 10.5. The van der Waals surface area contributed by atoms with Gasteiger partial charge in [-0.3, -0.25) is 0 Å². The number of aryl methyl sites for hydroxylation is 3. The summed E-state index contributed by atoms with van der Waals surface area (Å²) >= 11 is 7.94. The first-order valence-electron chi connectivity index (χ1n) is 7.96. The van der Waals surface area contributed by atoms with Crippen LogP contribution >= 0.6 is 22.9 Å². The number of nitrogens with zero attached hydrogens (tertiary/aromatic N) is 4. The van der Waals surface area contributed by atoms with Crippen LogP contribution in [0.3, 0.4) is 0 Å². The number of aromatic nitrogens is 4. The summed E-state index contributed by atoms with van der Waals surface area (Å²) in [5, 5.41) is 6.27. The molecule has 0 bridgehead atoms. The molecule has 130 valence electrons. The topological polar surface area (TPSA) is 43.1 Å². The van der Waals surface area contributed by atoms with Crippen molar-refractivity contribution in [3.63, 3.8) is 0 Å². The number of halogens is 1. The van der Waals surface area contributed by atoms with Gasteiger partial charge in [-0.15, -0.1) is 11.3 Å². The van der Waals surface area contributed by atoms with Crippen molar-refractivity contribution in [2.45, 2.75) is 60.8 Å². The van der Waals surface area contributed by atoms with Crippen molar-refractivity contribution < 1.29 is 0 Å². The summed E-state index contributed by atoms with van der Waals surface area (Å²) in [7, 11) is 0. The monoisotopic (exact) mass is 364 g/mol. The Bertz CT molecular complexity index is 862. The highest BCUT2D eigenvalue weighted by Gasteiger charge is 2.22. The molecule has 0 aromatic carbocycles. The van der Waals surface area contributed by atoms with Crippen molar-refractivity contribution in [3.8, 4) is 10.4 Å². The molecule has 3 rings (SSSR count). The lowest BCUT2D eigenvalue weighted by molar-refractivity contribution is 0.598. The number of rotatable bonds is 4. The fraction of sp³-hybridized carbons (Fsp3) is 0.500. The first kappa shape index (κ1) is 18.9. The van der Waals surface area contributed by atoms with E-state index >= 15 is 0 Å². The minimum Gasteiger partial charge on any atom is -0.233 e. The van der Waals surface area contributed by atoms with Gasteiger partial charge in [0.1, 0.15) is 5.15 Å². The van der Waals surface area contributed by atoms with E-state index in [2.05, 4.69) is 24.9 Å². The third-order valence-electron chi connectivity index (χ3n) is 4.24. The molecule has 4 nitrogen and oxygen atoms in total. The van der Waals surface area contributed by atoms with Crippen LogP contribution < -0.4 is 0 Å². The molecular weight excluding hydrogens is 340 g/mol. The number of fused-ring (bicyclic) bond motifs is 1. The van der Waals surface area contributed by atoms with Crippen LogP contribution in [0.15, 0.2) is 6.07 Å². The molecule has 0 radical (unpaired) electrons.